The number of amides is 2. The van der Waals surface area contributed by atoms with Crippen LogP contribution in [0.2, 0.25) is 0 Å². The molecule has 1 aliphatic rings. The minimum atomic E-state index is -0.608. The fourth-order valence-electron chi connectivity index (χ4n) is 3.21. The van der Waals surface area contributed by atoms with E-state index in [-0.39, 0.29) is 0 Å². The predicted molar refractivity (Wildman–Crippen MR) is 97.1 cm³/mol. The van der Waals surface area contributed by atoms with Crippen LogP contribution in [0.25, 0.3) is 0 Å². The van der Waals surface area contributed by atoms with Gasteiger partial charge in [0.2, 0.25) is 0 Å². The Morgan fingerprint density at radius 3 is 2.52 bits per heavy atom. The number of hydrogen-bond acceptors (Lipinski definition) is 3. The highest BCUT2D eigenvalue weighted by molar-refractivity contribution is 6.39. The topological polar surface area (TPSA) is 62.3 Å². The first kappa shape index (κ1) is 17.1. The Hall–Kier alpha value is -2.69. The maximum Gasteiger partial charge on any atom is 0.315 e. The number of aryl methyl sites for hydroxylation is 1. The number of anilines is 1. The summed E-state index contributed by atoms with van der Waals surface area (Å²) in [6, 6.07) is 14.1. The number of rotatable bonds is 3. The monoisotopic (exact) mass is 337 g/mol. The molecule has 2 heterocycles. The van der Waals surface area contributed by atoms with Crippen LogP contribution in [-0.2, 0) is 16.0 Å². The van der Waals surface area contributed by atoms with Gasteiger partial charge in [0.1, 0.15) is 5.82 Å². The summed E-state index contributed by atoms with van der Waals surface area (Å²) < 4.78 is 0. The summed E-state index contributed by atoms with van der Waals surface area (Å²) in [6.45, 7) is 3.11. The van der Waals surface area contributed by atoms with Crippen LogP contribution in [0.5, 0.6) is 0 Å². The molecule has 5 nitrogen and oxygen atoms in total. The molecule has 25 heavy (non-hydrogen) atoms. The maximum atomic E-state index is 12.4. The number of nitrogens with zero attached hydrogens (tertiary/aromatic N) is 2. The summed E-state index contributed by atoms with van der Waals surface area (Å²) in [4.78, 5) is 30.3. The molecule has 0 aliphatic carbocycles. The van der Waals surface area contributed by atoms with Crippen molar-refractivity contribution < 1.29 is 9.59 Å². The Bertz CT molecular complexity index is 738. The van der Waals surface area contributed by atoms with E-state index in [0.29, 0.717) is 24.8 Å². The third-order valence-electron chi connectivity index (χ3n) is 4.70. The summed E-state index contributed by atoms with van der Waals surface area (Å²) in [7, 11) is 0. The summed E-state index contributed by atoms with van der Waals surface area (Å²) in [5.41, 5.74) is 2.17. The number of carbonyl (C=O) groups is 2. The van der Waals surface area contributed by atoms with Crippen LogP contribution in [0.4, 0.5) is 5.82 Å². The van der Waals surface area contributed by atoms with Gasteiger partial charge in [0.25, 0.3) is 0 Å². The first-order valence-corrected chi connectivity index (χ1v) is 8.69. The molecular weight excluding hydrogens is 314 g/mol. The number of benzene rings is 1. The number of likely N-dealkylation sites (tertiary alicyclic amines) is 1. The average Bonchev–Trinajstić information content (AvgIpc) is 2.64. The van der Waals surface area contributed by atoms with Crippen LogP contribution in [0, 0.1) is 12.8 Å². The van der Waals surface area contributed by atoms with Crippen LogP contribution in [-0.4, -0.2) is 34.8 Å². The van der Waals surface area contributed by atoms with Gasteiger partial charge in [0, 0.05) is 19.3 Å². The van der Waals surface area contributed by atoms with Gasteiger partial charge in [0.05, 0.1) is 0 Å². The highest BCUT2D eigenvalue weighted by Crippen LogP contribution is 2.22. The molecule has 0 radical (unpaired) electrons. The van der Waals surface area contributed by atoms with Crippen molar-refractivity contribution in [2.75, 3.05) is 18.4 Å². The van der Waals surface area contributed by atoms with E-state index in [2.05, 4.69) is 34.6 Å². The molecule has 130 valence electrons. The second-order valence-corrected chi connectivity index (χ2v) is 6.55. The van der Waals surface area contributed by atoms with Crippen molar-refractivity contribution in [1.29, 1.82) is 0 Å². The molecule has 3 rings (SSSR count). The van der Waals surface area contributed by atoms with Crippen molar-refractivity contribution in [2.24, 2.45) is 5.92 Å². The molecule has 1 aromatic heterocycles. The standard InChI is InChI=1S/C20H23N3O2/c1-15-6-5-11-21-18(15)22-19(24)20(25)23-12-9-17(10-13-23)14-16-7-3-2-4-8-16/h2-8,11,17H,9-10,12-14H2,1H3,(H,21,22,24). The number of hydrogen-bond donors (Lipinski definition) is 1. The fraction of sp³-hybridized carbons (Fsp3) is 0.350. The van der Waals surface area contributed by atoms with Gasteiger partial charge in [0.15, 0.2) is 0 Å². The maximum absolute atomic E-state index is 12.4. The van der Waals surface area contributed by atoms with E-state index >= 15 is 0 Å². The molecule has 1 saturated heterocycles. The summed E-state index contributed by atoms with van der Waals surface area (Å²) in [5.74, 6) is -0.0705. The molecular formula is C20H23N3O2. The smallest absolute Gasteiger partial charge is 0.315 e. The van der Waals surface area contributed by atoms with E-state index in [0.717, 1.165) is 24.8 Å². The van der Waals surface area contributed by atoms with Crippen LogP contribution < -0.4 is 5.32 Å². The second kappa shape index (κ2) is 7.92. The Morgan fingerprint density at radius 2 is 1.84 bits per heavy atom. The van der Waals surface area contributed by atoms with Crippen LogP contribution in [0.15, 0.2) is 48.7 Å². The van der Waals surface area contributed by atoms with Crippen LogP contribution >= 0.6 is 0 Å². The minimum Gasteiger partial charge on any atom is -0.334 e. The van der Waals surface area contributed by atoms with E-state index in [1.165, 1.54) is 5.56 Å². The van der Waals surface area contributed by atoms with E-state index < -0.39 is 11.8 Å². The molecule has 0 saturated carbocycles. The van der Waals surface area contributed by atoms with Gasteiger partial charge < -0.3 is 10.2 Å². The van der Waals surface area contributed by atoms with Gasteiger partial charge in [-0.1, -0.05) is 36.4 Å². The second-order valence-electron chi connectivity index (χ2n) is 6.55. The lowest BCUT2D eigenvalue weighted by Crippen LogP contribution is -2.44. The predicted octanol–water partition coefficient (Wildman–Crippen LogP) is 2.81. The summed E-state index contributed by atoms with van der Waals surface area (Å²) in [5, 5.41) is 2.62. The Labute approximate surface area is 148 Å². The van der Waals surface area contributed by atoms with Crippen molar-refractivity contribution in [1.82, 2.24) is 9.88 Å². The lowest BCUT2D eigenvalue weighted by atomic mass is 9.90. The van der Waals surface area contributed by atoms with Gasteiger partial charge in [-0.25, -0.2) is 4.98 Å². The highest BCUT2D eigenvalue weighted by Gasteiger charge is 2.27. The van der Waals surface area contributed by atoms with Crippen molar-refractivity contribution >= 4 is 17.6 Å². The van der Waals surface area contributed by atoms with E-state index in [1.807, 2.05) is 19.1 Å². The number of aromatic nitrogens is 1. The van der Waals surface area contributed by atoms with Crippen molar-refractivity contribution in [3.8, 4) is 0 Å². The molecule has 1 aromatic carbocycles. The zero-order chi connectivity index (χ0) is 17.6. The highest BCUT2D eigenvalue weighted by atomic mass is 16.2. The number of carbonyl (C=O) groups excluding carboxylic acids is 2. The zero-order valence-electron chi connectivity index (χ0n) is 14.4. The molecule has 0 bridgehead atoms. The van der Waals surface area contributed by atoms with Crippen LogP contribution in [0.1, 0.15) is 24.0 Å². The first-order chi connectivity index (χ1) is 12.1. The molecule has 2 aromatic rings. The van der Waals surface area contributed by atoms with Gasteiger partial charge in [-0.15, -0.1) is 0 Å². The number of nitrogens with one attached hydrogen (secondary N) is 1. The van der Waals surface area contributed by atoms with Crippen molar-refractivity contribution in [3.63, 3.8) is 0 Å². The Balaban J connectivity index is 1.51. The number of pyridine rings is 1. The van der Waals surface area contributed by atoms with Crippen LogP contribution in [0.3, 0.4) is 0 Å². The van der Waals surface area contributed by atoms with Gasteiger partial charge in [-0.05, 0) is 49.3 Å². The normalized spacial score (nSPS) is 15.0. The lowest BCUT2D eigenvalue weighted by molar-refractivity contribution is -0.144. The third kappa shape index (κ3) is 4.44. The van der Waals surface area contributed by atoms with Crippen molar-refractivity contribution in [2.45, 2.75) is 26.2 Å². The van der Waals surface area contributed by atoms with E-state index in [4.69, 9.17) is 0 Å². The summed E-state index contributed by atoms with van der Waals surface area (Å²) >= 11 is 0. The lowest BCUT2D eigenvalue weighted by Gasteiger charge is -2.31. The van der Waals surface area contributed by atoms with Gasteiger partial charge in [-0.3, -0.25) is 9.59 Å². The molecule has 0 spiro atoms. The molecule has 0 unspecified atom stereocenters. The molecule has 0 atom stereocenters. The molecule has 5 heteroatoms. The first-order valence-electron chi connectivity index (χ1n) is 8.69. The average molecular weight is 337 g/mol. The number of piperidine rings is 1. The van der Waals surface area contributed by atoms with E-state index in [1.54, 1.807) is 17.2 Å². The van der Waals surface area contributed by atoms with E-state index in [9.17, 15) is 9.59 Å². The quantitative estimate of drug-likeness (QED) is 0.876. The largest absolute Gasteiger partial charge is 0.334 e. The Kier molecular flexibility index (Phi) is 5.43. The Morgan fingerprint density at radius 1 is 1.12 bits per heavy atom. The zero-order valence-corrected chi connectivity index (χ0v) is 14.4. The summed E-state index contributed by atoms with van der Waals surface area (Å²) in [6.07, 6.45) is 4.48. The third-order valence-corrected chi connectivity index (χ3v) is 4.70. The minimum absolute atomic E-state index is 0.444. The van der Waals surface area contributed by atoms with Gasteiger partial charge >= 0.3 is 11.8 Å². The fourth-order valence-corrected chi connectivity index (χ4v) is 3.21. The molecule has 2 amide bonds. The molecule has 1 N–H and O–H groups in total. The van der Waals surface area contributed by atoms with Crippen molar-refractivity contribution in [3.05, 3.63) is 59.8 Å². The molecule has 1 aliphatic heterocycles. The SMILES string of the molecule is Cc1cccnc1NC(=O)C(=O)N1CCC(Cc2ccccc2)CC1. The molecule has 1 fully saturated rings. The van der Waals surface area contributed by atoms with Gasteiger partial charge in [-0.2, -0.15) is 0 Å².